The highest BCUT2D eigenvalue weighted by Crippen LogP contribution is 2.44. The molecular weight excluding hydrogens is 769 g/mol. The fourth-order valence-corrected chi connectivity index (χ4v) is 9.02. The Bertz CT molecular complexity index is 2190. The number of carbonyl (C=O) groups is 3. The van der Waals surface area contributed by atoms with Gasteiger partial charge in [0.05, 0.1) is 28.5 Å². The summed E-state index contributed by atoms with van der Waals surface area (Å²) >= 11 is 13.8. The van der Waals surface area contributed by atoms with Crippen molar-refractivity contribution in [2.45, 2.75) is 71.6 Å². The van der Waals surface area contributed by atoms with Crippen LogP contribution < -0.4 is 14.8 Å². The number of carboxylic acids is 2. The van der Waals surface area contributed by atoms with Gasteiger partial charge < -0.3 is 25.0 Å². The van der Waals surface area contributed by atoms with E-state index in [-0.39, 0.29) is 12.0 Å². The first kappa shape index (κ1) is 40.4. The molecule has 0 spiro atoms. The molecule has 2 fully saturated rings. The quantitative estimate of drug-likeness (QED) is 0.127. The van der Waals surface area contributed by atoms with Gasteiger partial charge in [-0.15, -0.1) is 0 Å². The average Bonchev–Trinajstić information content (AvgIpc) is 3.59. The second kappa shape index (κ2) is 16.6. The molecule has 0 bridgehead atoms. The smallest absolute Gasteiger partial charge is 0.310 e. The second-order valence-electron chi connectivity index (χ2n) is 16.0. The molecule has 4 aromatic rings. The normalized spacial score (nSPS) is 22.4. The van der Waals surface area contributed by atoms with Gasteiger partial charge in [0.2, 0.25) is 11.8 Å². The van der Waals surface area contributed by atoms with Gasteiger partial charge in [0.1, 0.15) is 16.9 Å². The molecule has 3 aliphatic rings. The molecule has 300 valence electrons. The molecule has 1 amide bonds. The van der Waals surface area contributed by atoms with Crippen molar-refractivity contribution in [1.29, 1.82) is 0 Å². The van der Waals surface area contributed by atoms with Crippen molar-refractivity contribution in [3.63, 3.8) is 0 Å². The van der Waals surface area contributed by atoms with Gasteiger partial charge in [-0.2, -0.15) is 4.98 Å². The summed E-state index contributed by atoms with van der Waals surface area (Å²) in [5.41, 5.74) is 4.07. The van der Waals surface area contributed by atoms with Gasteiger partial charge in [-0.1, -0.05) is 59.6 Å². The molecule has 1 aliphatic carbocycles. The molecule has 2 saturated heterocycles. The Morgan fingerprint density at radius 1 is 0.895 bits per heavy atom. The molecule has 0 saturated carbocycles. The summed E-state index contributed by atoms with van der Waals surface area (Å²) in [4.78, 5) is 50.6. The zero-order valence-electron chi connectivity index (χ0n) is 32.3. The van der Waals surface area contributed by atoms with E-state index in [0.717, 1.165) is 59.3 Å². The third-order valence-electron chi connectivity index (χ3n) is 11.6. The van der Waals surface area contributed by atoms with E-state index in [4.69, 9.17) is 32.7 Å². The predicted molar refractivity (Wildman–Crippen MR) is 217 cm³/mol. The number of hydrogen-bond acceptors (Lipinski definition) is 9. The van der Waals surface area contributed by atoms with Crippen LogP contribution in [0.2, 0.25) is 10.0 Å². The number of halogens is 2. The van der Waals surface area contributed by atoms with Crippen molar-refractivity contribution in [3.05, 3.63) is 98.7 Å². The van der Waals surface area contributed by atoms with E-state index in [0.29, 0.717) is 79.2 Å². The zero-order chi connectivity index (χ0) is 40.5. The minimum atomic E-state index is -0.811. The average molecular weight is 817 g/mol. The molecule has 3 atom stereocenters. The topological polar surface area (TPSA) is 154 Å². The number of pyridine rings is 2. The van der Waals surface area contributed by atoms with Crippen molar-refractivity contribution >= 4 is 46.9 Å². The van der Waals surface area contributed by atoms with Crippen LogP contribution in [-0.4, -0.2) is 81.1 Å². The van der Waals surface area contributed by atoms with Crippen LogP contribution in [0, 0.1) is 10.8 Å². The number of aromatic nitrogens is 2. The van der Waals surface area contributed by atoms with Gasteiger partial charge >= 0.3 is 11.9 Å². The predicted octanol–water partition coefficient (Wildman–Crippen LogP) is 8.15. The summed E-state index contributed by atoms with van der Waals surface area (Å²) in [6, 6.07) is 16.8. The lowest BCUT2D eigenvalue weighted by molar-refractivity contribution is -0.152. The molecule has 2 aromatic heterocycles. The minimum absolute atomic E-state index is 0.251. The Labute approximate surface area is 342 Å². The number of hydrogen-bond donors (Lipinski definition) is 3. The number of carboxylic acid groups (broad SMARTS) is 2. The third kappa shape index (κ3) is 8.60. The molecule has 7 rings (SSSR count). The standard InChI is InChI=1S/C43H47Cl2N5O7/c1-42(40(52)53)16-6-18-49(24-42)22-26-12-15-35(46-21-26)47-37(51)32-11-5-10-31(36(32)45)28-8-4-9-30-29(28)13-14-34(30)57-39-33(44)20-27(38(48-39)56-3)23-50-19-7-17-43(2,25-50)41(54)55/h4-5,8-12,15,20-21,34H,6-7,13-14,16-19,22-25H2,1-3H3,(H,52,53)(H,54,55)(H,46,47,51)/t34-,42+,43+/m0/s1. The summed E-state index contributed by atoms with van der Waals surface area (Å²) in [7, 11) is 1.54. The lowest BCUT2D eigenvalue weighted by Crippen LogP contribution is -2.45. The van der Waals surface area contributed by atoms with Crippen molar-refractivity contribution < 1.29 is 34.1 Å². The van der Waals surface area contributed by atoms with Gasteiger partial charge in [-0.3, -0.25) is 24.2 Å². The Morgan fingerprint density at radius 2 is 1.56 bits per heavy atom. The Balaban J connectivity index is 1.03. The number of methoxy groups -OCH3 is 1. The fraction of sp³-hybridized carbons (Fsp3) is 0.419. The zero-order valence-corrected chi connectivity index (χ0v) is 33.8. The minimum Gasteiger partial charge on any atom is -0.481 e. The van der Waals surface area contributed by atoms with Crippen LogP contribution in [0.4, 0.5) is 5.82 Å². The molecule has 2 aliphatic heterocycles. The van der Waals surface area contributed by atoms with Crippen LogP contribution in [0.15, 0.2) is 60.8 Å². The second-order valence-corrected chi connectivity index (χ2v) is 16.8. The number of likely N-dealkylation sites (tertiary alicyclic amines) is 2. The molecule has 4 heterocycles. The summed E-state index contributed by atoms with van der Waals surface area (Å²) in [5.74, 6) is -0.958. The molecule has 12 nitrogen and oxygen atoms in total. The van der Waals surface area contributed by atoms with Crippen LogP contribution in [0.1, 0.15) is 84.7 Å². The highest BCUT2D eigenvalue weighted by molar-refractivity contribution is 6.37. The Hall–Kier alpha value is -4.75. The Morgan fingerprint density at radius 3 is 2.21 bits per heavy atom. The number of benzene rings is 2. The number of nitrogens with zero attached hydrogens (tertiary/aromatic N) is 4. The summed E-state index contributed by atoms with van der Waals surface area (Å²) < 4.78 is 12.1. The van der Waals surface area contributed by atoms with E-state index in [9.17, 15) is 24.6 Å². The number of aliphatic carboxylic acids is 2. The van der Waals surface area contributed by atoms with Crippen LogP contribution in [0.25, 0.3) is 11.1 Å². The van der Waals surface area contributed by atoms with E-state index in [1.54, 1.807) is 45.4 Å². The number of rotatable bonds is 12. The van der Waals surface area contributed by atoms with Gasteiger partial charge in [-0.05, 0) is 106 Å². The van der Waals surface area contributed by atoms with Gasteiger partial charge in [0.25, 0.3) is 5.91 Å². The molecular formula is C43H47Cl2N5O7. The molecule has 3 N–H and O–H groups in total. The van der Waals surface area contributed by atoms with E-state index >= 15 is 0 Å². The number of piperidine rings is 2. The van der Waals surface area contributed by atoms with Crippen LogP contribution in [0.5, 0.6) is 11.8 Å². The number of anilines is 1. The maximum absolute atomic E-state index is 13.5. The number of amides is 1. The maximum Gasteiger partial charge on any atom is 0.310 e. The Kier molecular flexibility index (Phi) is 11.8. The largest absolute Gasteiger partial charge is 0.481 e. The van der Waals surface area contributed by atoms with Gasteiger partial charge in [0, 0.05) is 43.5 Å². The first-order valence-corrected chi connectivity index (χ1v) is 20.0. The lowest BCUT2D eigenvalue weighted by Gasteiger charge is -2.37. The summed E-state index contributed by atoms with van der Waals surface area (Å²) in [6.07, 6.45) is 5.63. The first-order valence-electron chi connectivity index (χ1n) is 19.3. The van der Waals surface area contributed by atoms with Crippen molar-refractivity contribution in [3.8, 4) is 22.9 Å². The summed E-state index contributed by atoms with van der Waals surface area (Å²) in [6.45, 7) is 7.08. The van der Waals surface area contributed by atoms with Gasteiger partial charge in [-0.25, -0.2) is 4.98 Å². The third-order valence-corrected chi connectivity index (χ3v) is 12.3. The SMILES string of the molecule is COc1nc(O[C@H]2CCc3c(-c4cccc(C(=O)Nc5ccc(CN6CCC[C@@](C)(C(=O)O)C6)cn5)c4Cl)cccc32)c(Cl)cc1CN1CCC[C@@](C)(C(=O)O)C1. The molecule has 57 heavy (non-hydrogen) atoms. The van der Waals surface area contributed by atoms with E-state index in [1.165, 1.54) is 0 Å². The number of carbonyl (C=O) groups excluding carboxylic acids is 1. The van der Waals surface area contributed by atoms with Crippen molar-refractivity contribution in [2.24, 2.45) is 10.8 Å². The van der Waals surface area contributed by atoms with E-state index in [1.807, 2.05) is 36.4 Å². The molecule has 0 unspecified atom stereocenters. The van der Waals surface area contributed by atoms with Crippen LogP contribution >= 0.6 is 23.2 Å². The molecule has 14 heteroatoms. The van der Waals surface area contributed by atoms with Crippen LogP contribution in [-0.2, 0) is 29.1 Å². The number of fused-ring (bicyclic) bond motifs is 1. The fourth-order valence-electron chi connectivity index (χ4n) is 8.49. The first-order chi connectivity index (χ1) is 27.3. The molecule has 0 radical (unpaired) electrons. The van der Waals surface area contributed by atoms with E-state index in [2.05, 4.69) is 25.1 Å². The van der Waals surface area contributed by atoms with Crippen LogP contribution in [0.3, 0.4) is 0 Å². The summed E-state index contributed by atoms with van der Waals surface area (Å²) in [5, 5.41) is 23.0. The maximum atomic E-state index is 13.5. The monoisotopic (exact) mass is 815 g/mol. The molecule has 2 aromatic carbocycles. The highest BCUT2D eigenvalue weighted by Gasteiger charge is 2.39. The lowest BCUT2D eigenvalue weighted by atomic mass is 9.82. The van der Waals surface area contributed by atoms with Gasteiger partial charge in [0.15, 0.2) is 0 Å². The van der Waals surface area contributed by atoms with E-state index < -0.39 is 28.7 Å². The number of nitrogens with one attached hydrogen (secondary N) is 1. The van der Waals surface area contributed by atoms with Crippen molar-refractivity contribution in [1.82, 2.24) is 19.8 Å². The highest BCUT2D eigenvalue weighted by atomic mass is 35.5. The number of ether oxygens (including phenoxy) is 2. The van der Waals surface area contributed by atoms with Crippen molar-refractivity contribution in [2.75, 3.05) is 38.6 Å².